The highest BCUT2D eigenvalue weighted by Gasteiger charge is 2.34. The van der Waals surface area contributed by atoms with Gasteiger partial charge < -0.3 is 14.8 Å². The number of hydrogen-bond acceptors (Lipinski definition) is 4. The summed E-state index contributed by atoms with van der Waals surface area (Å²) in [4.78, 5) is 13.3. The van der Waals surface area contributed by atoms with E-state index in [1.54, 1.807) is 18.2 Å². The van der Waals surface area contributed by atoms with Gasteiger partial charge in [0.15, 0.2) is 11.5 Å². The number of halogens is 3. The number of carbonyl (C=O) groups is 1. The van der Waals surface area contributed by atoms with Crippen molar-refractivity contribution in [3.05, 3.63) is 23.8 Å². The summed E-state index contributed by atoms with van der Waals surface area (Å²) in [5.74, 6) is 1.04. The molecule has 0 bridgehead atoms. The minimum atomic E-state index is -4.20. The fraction of sp³-hybridized carbons (Fsp3) is 0.533. The average molecular weight is 330 g/mol. The van der Waals surface area contributed by atoms with Crippen LogP contribution in [0.1, 0.15) is 12.0 Å². The maximum absolute atomic E-state index is 12.3. The molecule has 1 aromatic carbocycles. The van der Waals surface area contributed by atoms with Crippen LogP contribution in [0.5, 0.6) is 11.5 Å². The van der Waals surface area contributed by atoms with Crippen molar-refractivity contribution in [3.63, 3.8) is 0 Å². The molecule has 2 aliphatic heterocycles. The first-order valence-corrected chi connectivity index (χ1v) is 7.36. The second-order valence-corrected chi connectivity index (χ2v) is 5.77. The molecule has 0 aromatic heterocycles. The zero-order valence-corrected chi connectivity index (χ0v) is 12.4. The molecular formula is C15H17F3N2O3. The summed E-state index contributed by atoms with van der Waals surface area (Å²) in [6.07, 6.45) is -3.51. The number of nitrogens with one attached hydrogen (secondary N) is 1. The molecule has 5 nitrogen and oxygen atoms in total. The Balaban J connectivity index is 1.48. The minimum Gasteiger partial charge on any atom is -0.454 e. The van der Waals surface area contributed by atoms with Crippen LogP contribution in [0.4, 0.5) is 13.2 Å². The number of amides is 1. The fourth-order valence-electron chi connectivity index (χ4n) is 2.86. The van der Waals surface area contributed by atoms with E-state index in [0.717, 1.165) is 5.56 Å². The fourth-order valence-corrected chi connectivity index (χ4v) is 2.86. The molecule has 1 aromatic rings. The minimum absolute atomic E-state index is 0.159. The molecule has 3 rings (SSSR count). The maximum Gasteiger partial charge on any atom is 0.401 e. The van der Waals surface area contributed by atoms with Gasteiger partial charge in [-0.3, -0.25) is 9.69 Å². The summed E-state index contributed by atoms with van der Waals surface area (Å²) >= 11 is 0. The Hall–Kier alpha value is -1.96. The Morgan fingerprint density at radius 3 is 2.87 bits per heavy atom. The van der Waals surface area contributed by atoms with E-state index in [-0.39, 0.29) is 31.7 Å². The SMILES string of the molecule is O=C(Cc1ccc2c(c1)OCO2)NC1CCN(CC(F)(F)F)C1. The van der Waals surface area contributed by atoms with Crippen LogP contribution in [0.25, 0.3) is 0 Å². The van der Waals surface area contributed by atoms with Gasteiger partial charge in [0.2, 0.25) is 12.7 Å². The van der Waals surface area contributed by atoms with Gasteiger partial charge in [0, 0.05) is 19.1 Å². The third-order valence-corrected chi connectivity index (χ3v) is 3.84. The number of rotatable bonds is 4. The predicted octanol–water partition coefficient (Wildman–Crippen LogP) is 1.71. The summed E-state index contributed by atoms with van der Waals surface area (Å²) in [5, 5.41) is 2.79. The van der Waals surface area contributed by atoms with Gasteiger partial charge in [-0.25, -0.2) is 0 Å². The molecule has 0 spiro atoms. The molecule has 2 aliphatic rings. The molecule has 1 saturated heterocycles. The van der Waals surface area contributed by atoms with Gasteiger partial charge in [-0.2, -0.15) is 13.2 Å². The molecule has 126 valence electrons. The monoisotopic (exact) mass is 330 g/mol. The zero-order chi connectivity index (χ0) is 16.4. The third kappa shape index (κ3) is 4.28. The number of benzene rings is 1. The van der Waals surface area contributed by atoms with E-state index in [9.17, 15) is 18.0 Å². The number of nitrogens with zero attached hydrogens (tertiary/aromatic N) is 1. The topological polar surface area (TPSA) is 50.8 Å². The van der Waals surface area contributed by atoms with Gasteiger partial charge in [-0.05, 0) is 24.1 Å². The molecule has 0 saturated carbocycles. The average Bonchev–Trinajstić information content (AvgIpc) is 3.05. The van der Waals surface area contributed by atoms with Crippen LogP contribution in [0.2, 0.25) is 0 Å². The first-order valence-electron chi connectivity index (χ1n) is 7.36. The summed E-state index contributed by atoms with van der Waals surface area (Å²) in [6, 6.07) is 5.02. The molecular weight excluding hydrogens is 313 g/mol. The second-order valence-electron chi connectivity index (χ2n) is 5.77. The molecule has 1 unspecified atom stereocenters. The molecule has 1 N–H and O–H groups in total. The molecule has 0 aliphatic carbocycles. The summed E-state index contributed by atoms with van der Waals surface area (Å²) < 4.78 is 47.5. The van der Waals surface area contributed by atoms with Crippen LogP contribution in [0.3, 0.4) is 0 Å². The van der Waals surface area contributed by atoms with E-state index in [1.807, 2.05) is 0 Å². The van der Waals surface area contributed by atoms with Gasteiger partial charge in [0.05, 0.1) is 13.0 Å². The largest absolute Gasteiger partial charge is 0.454 e. The van der Waals surface area contributed by atoms with Crippen molar-refractivity contribution in [2.24, 2.45) is 0 Å². The highest BCUT2D eigenvalue weighted by molar-refractivity contribution is 5.79. The summed E-state index contributed by atoms with van der Waals surface area (Å²) in [6.45, 7) is -0.190. The van der Waals surface area contributed by atoms with Gasteiger partial charge in [0.1, 0.15) is 0 Å². The first-order chi connectivity index (χ1) is 10.9. The van der Waals surface area contributed by atoms with E-state index in [1.165, 1.54) is 4.90 Å². The van der Waals surface area contributed by atoms with Gasteiger partial charge in [0.25, 0.3) is 0 Å². The van der Waals surface area contributed by atoms with Crippen molar-refractivity contribution in [2.45, 2.75) is 25.1 Å². The predicted molar refractivity (Wildman–Crippen MR) is 75.3 cm³/mol. The van der Waals surface area contributed by atoms with Crippen molar-refractivity contribution in [2.75, 3.05) is 26.4 Å². The molecule has 2 heterocycles. The van der Waals surface area contributed by atoms with E-state index in [4.69, 9.17) is 9.47 Å². The molecule has 1 fully saturated rings. The van der Waals surface area contributed by atoms with Crippen molar-refractivity contribution in [3.8, 4) is 11.5 Å². The van der Waals surface area contributed by atoms with Crippen molar-refractivity contribution in [1.82, 2.24) is 10.2 Å². The second kappa shape index (κ2) is 6.27. The van der Waals surface area contributed by atoms with E-state index in [2.05, 4.69) is 5.32 Å². The van der Waals surface area contributed by atoms with E-state index < -0.39 is 12.7 Å². The lowest BCUT2D eigenvalue weighted by atomic mass is 10.1. The van der Waals surface area contributed by atoms with E-state index in [0.29, 0.717) is 24.5 Å². The number of fused-ring (bicyclic) bond motifs is 1. The Kier molecular flexibility index (Phi) is 4.34. The standard InChI is InChI=1S/C15H17F3N2O3/c16-15(17,18)8-20-4-3-11(7-20)19-14(21)6-10-1-2-12-13(5-10)23-9-22-12/h1-2,5,11H,3-4,6-9H2,(H,19,21). The Morgan fingerprint density at radius 1 is 1.30 bits per heavy atom. The normalized spacial score (nSPS) is 20.7. The molecule has 1 amide bonds. The zero-order valence-electron chi connectivity index (χ0n) is 12.4. The molecule has 0 radical (unpaired) electrons. The maximum atomic E-state index is 12.3. The Labute approximate surface area is 131 Å². The molecule has 23 heavy (non-hydrogen) atoms. The van der Waals surface area contributed by atoms with Crippen LogP contribution in [0, 0.1) is 0 Å². The van der Waals surface area contributed by atoms with Gasteiger partial charge in [-0.1, -0.05) is 6.07 Å². The number of carbonyl (C=O) groups excluding carboxylic acids is 1. The third-order valence-electron chi connectivity index (χ3n) is 3.84. The first kappa shape index (κ1) is 15.9. The van der Waals surface area contributed by atoms with Crippen LogP contribution in [-0.4, -0.2) is 49.5 Å². The number of hydrogen-bond donors (Lipinski definition) is 1. The van der Waals surface area contributed by atoms with Gasteiger partial charge in [-0.15, -0.1) is 0 Å². The smallest absolute Gasteiger partial charge is 0.401 e. The number of likely N-dealkylation sites (tertiary alicyclic amines) is 1. The van der Waals surface area contributed by atoms with Crippen LogP contribution < -0.4 is 14.8 Å². The summed E-state index contributed by atoms with van der Waals surface area (Å²) in [7, 11) is 0. The number of ether oxygens (including phenoxy) is 2. The van der Waals surface area contributed by atoms with Gasteiger partial charge >= 0.3 is 6.18 Å². The van der Waals surface area contributed by atoms with E-state index >= 15 is 0 Å². The lowest BCUT2D eigenvalue weighted by Gasteiger charge is -2.18. The van der Waals surface area contributed by atoms with Crippen LogP contribution in [0.15, 0.2) is 18.2 Å². The van der Waals surface area contributed by atoms with Crippen LogP contribution >= 0.6 is 0 Å². The highest BCUT2D eigenvalue weighted by atomic mass is 19.4. The number of alkyl halides is 3. The summed E-state index contributed by atoms with van der Waals surface area (Å²) in [5.41, 5.74) is 0.775. The lowest BCUT2D eigenvalue weighted by molar-refractivity contribution is -0.143. The lowest BCUT2D eigenvalue weighted by Crippen LogP contribution is -2.39. The quantitative estimate of drug-likeness (QED) is 0.913. The Morgan fingerprint density at radius 2 is 2.09 bits per heavy atom. The highest BCUT2D eigenvalue weighted by Crippen LogP contribution is 2.32. The van der Waals surface area contributed by atoms with Crippen molar-refractivity contribution < 1.29 is 27.4 Å². The molecule has 8 heteroatoms. The van der Waals surface area contributed by atoms with Crippen LogP contribution in [-0.2, 0) is 11.2 Å². The molecule has 1 atom stereocenters. The Bertz CT molecular complexity index is 592. The van der Waals surface area contributed by atoms with Crippen molar-refractivity contribution in [1.29, 1.82) is 0 Å². The van der Waals surface area contributed by atoms with Crippen molar-refractivity contribution >= 4 is 5.91 Å².